The van der Waals surface area contributed by atoms with Crippen LogP contribution in [-0.2, 0) is 74.9 Å². The number of amides is 12. The van der Waals surface area contributed by atoms with E-state index in [4.69, 9.17) is 16.3 Å². The molecule has 3 saturated carbocycles. The molecule has 0 radical (unpaired) electrons. The molecule has 6 fully saturated rings. The molecular weight excluding hydrogens is 1320 g/mol. The van der Waals surface area contributed by atoms with Crippen molar-refractivity contribution in [3.05, 3.63) is 34.3 Å². The molecule has 1 aromatic rings. The average Bonchev–Trinajstić information content (AvgIpc) is 1.54. The number of likely N-dealkylation sites (N-methyl/N-ethyl adjacent to an activating group) is 7. The molecule has 12 amide bonds. The maximum absolute atomic E-state index is 15.8. The predicted molar refractivity (Wildman–Crippen MR) is 366 cm³/mol. The average molecular weight is 1430 g/mol. The number of ether oxygens (including phenoxy) is 1. The second-order valence-corrected chi connectivity index (χ2v) is 29.4. The van der Waals surface area contributed by atoms with E-state index in [0.29, 0.717) is 70.0 Å². The first kappa shape index (κ1) is 80.2. The highest BCUT2D eigenvalue weighted by Gasteiger charge is 2.51. The van der Waals surface area contributed by atoms with E-state index in [-0.39, 0.29) is 57.6 Å². The summed E-state index contributed by atoms with van der Waals surface area (Å²) in [5.74, 6) is -8.91. The van der Waals surface area contributed by atoms with Gasteiger partial charge in [-0.2, -0.15) is 13.2 Å². The van der Waals surface area contributed by atoms with Gasteiger partial charge in [0.25, 0.3) is 0 Å². The highest BCUT2D eigenvalue weighted by atomic mass is 35.5. The lowest BCUT2D eigenvalue weighted by Crippen LogP contribution is -2.65. The van der Waals surface area contributed by atoms with Crippen molar-refractivity contribution in [3.63, 3.8) is 0 Å². The summed E-state index contributed by atoms with van der Waals surface area (Å²) in [6, 6.07) is -5.84. The Hall–Kier alpha value is -7.10. The van der Waals surface area contributed by atoms with E-state index in [1.54, 1.807) is 11.8 Å². The SMILES string of the molecule is CC[C@H](C)[C@@H]1NC(=O)[C@H](COC)N(C)C(=O)C[C@@H](C(=O)N2CCCCC2)N(C)C(=O)[C@H](C2CCCCC2)N(C)C(=O)C2(CCCC2)NC(=O)[C@@H]2CCCN2C(=O)[C@H](CCc2ccc(C(F)(F)F)c(Cl)c2)NC(=O)CN(C)C(=O)[C@H](CC2CCCCC2)N(C)C(=O)CN(C)C(=O)CN(C)C1=O. The summed E-state index contributed by atoms with van der Waals surface area (Å²) in [5, 5.41) is 8.08. The van der Waals surface area contributed by atoms with Crippen LogP contribution in [0.2, 0.25) is 5.02 Å². The number of nitrogens with one attached hydrogen (secondary N) is 3. The fraction of sp³-hybridized carbons (Fsp3) is 0.746. The number of carbonyl (C=O) groups is 12. The Morgan fingerprint density at radius 1 is 0.640 bits per heavy atom. The topological polar surface area (TPSA) is 279 Å². The summed E-state index contributed by atoms with van der Waals surface area (Å²) < 4.78 is 47.1. The van der Waals surface area contributed by atoms with Crippen molar-refractivity contribution in [2.75, 3.05) is 102 Å². The zero-order valence-electron chi connectivity index (χ0n) is 60.3. The minimum absolute atomic E-state index is 0.0144. The third kappa shape index (κ3) is 19.9. The smallest absolute Gasteiger partial charge is 0.382 e. The lowest BCUT2D eigenvalue weighted by molar-refractivity contribution is -0.157. The van der Waals surface area contributed by atoms with Gasteiger partial charge in [-0.25, -0.2) is 0 Å². The summed E-state index contributed by atoms with van der Waals surface area (Å²) >= 11 is 6.16. The van der Waals surface area contributed by atoms with Crippen LogP contribution in [0.1, 0.15) is 173 Å². The number of aryl methyl sites for hydroxylation is 1. The van der Waals surface area contributed by atoms with E-state index >= 15 is 24.0 Å². The quantitative estimate of drug-likeness (QED) is 0.263. The molecule has 3 N–H and O–H groups in total. The van der Waals surface area contributed by atoms with E-state index < -0.39 is 173 Å². The number of methoxy groups -OCH3 is 1. The molecule has 6 aliphatic rings. The molecule has 3 aliphatic heterocycles. The number of rotatable bonds is 11. The maximum atomic E-state index is 15.8. The first-order valence-corrected chi connectivity index (χ1v) is 36.4. The Morgan fingerprint density at radius 3 is 1.85 bits per heavy atom. The van der Waals surface area contributed by atoms with Gasteiger partial charge in [0.1, 0.15) is 47.8 Å². The van der Waals surface area contributed by atoms with Crippen molar-refractivity contribution >= 4 is 82.5 Å². The van der Waals surface area contributed by atoms with Gasteiger partial charge in [0, 0.05) is 76.1 Å². The molecule has 8 atom stereocenters. The number of hydrogen-bond donors (Lipinski definition) is 3. The zero-order chi connectivity index (χ0) is 73.5. The Balaban J connectivity index is 1.28. The molecule has 0 aromatic heterocycles. The number of alkyl halides is 3. The van der Waals surface area contributed by atoms with Gasteiger partial charge < -0.3 is 64.8 Å². The van der Waals surface area contributed by atoms with Gasteiger partial charge in [-0.15, -0.1) is 0 Å². The lowest BCUT2D eigenvalue weighted by Gasteiger charge is -2.43. The number of piperidine rings is 1. The van der Waals surface area contributed by atoms with Gasteiger partial charge in [-0.3, -0.25) is 57.5 Å². The third-order valence-corrected chi connectivity index (χ3v) is 22.3. The van der Waals surface area contributed by atoms with Crippen molar-refractivity contribution in [2.24, 2.45) is 17.8 Å². The number of likely N-dealkylation sites (tertiary alicyclic amines) is 1. The summed E-state index contributed by atoms with van der Waals surface area (Å²) in [6.07, 6.45) is 6.74. The molecule has 29 heteroatoms. The van der Waals surface area contributed by atoms with Crippen LogP contribution >= 0.6 is 11.6 Å². The van der Waals surface area contributed by atoms with Crippen LogP contribution in [0.25, 0.3) is 0 Å². The highest BCUT2D eigenvalue weighted by molar-refractivity contribution is 6.31. The van der Waals surface area contributed by atoms with Gasteiger partial charge >= 0.3 is 6.18 Å². The molecule has 100 heavy (non-hydrogen) atoms. The first-order chi connectivity index (χ1) is 47.3. The largest absolute Gasteiger partial charge is 0.417 e. The number of fused-ring (bicyclic) bond motifs is 1. The standard InChI is InChI=1S/C71H108ClF3N12O13/c1-11-45(2)60-67(97)81(5)42-58(90)79(3)43-59(91)82(6)53(39-46-24-15-12-16-25-46)65(95)80(4)41-56(88)76-51(32-30-47-29-31-49(50(72)38-47)71(73,74)75)64(94)87-37-23-28-52(87)63(93)78-70(33-19-20-34-70)69(99)85(9)61(48-26-17-13-18-27-48)68(98)84(8)54(66(96)86-35-21-14-22-36-86)40-57(89)83(7)55(44-100-10)62(92)77-60/h29,31,38,45-46,48,51-55,60-61H,11-28,30,32-37,39-44H2,1-10H3,(H,76,88)(H,77,92)(H,78,93)/t45-,51-,52-,53-,54-,55-,60-,61-/m0/s1. The number of hydrogen-bond acceptors (Lipinski definition) is 13. The molecule has 558 valence electrons. The van der Waals surface area contributed by atoms with Crippen LogP contribution in [0.15, 0.2) is 18.2 Å². The van der Waals surface area contributed by atoms with E-state index in [2.05, 4.69) is 16.0 Å². The van der Waals surface area contributed by atoms with Crippen molar-refractivity contribution in [1.82, 2.24) is 60.0 Å². The molecule has 3 saturated heterocycles. The van der Waals surface area contributed by atoms with Crippen LogP contribution in [0, 0.1) is 17.8 Å². The molecule has 1 aromatic carbocycles. The van der Waals surface area contributed by atoms with Gasteiger partial charge in [-0.1, -0.05) is 102 Å². The molecule has 25 nitrogen and oxygen atoms in total. The predicted octanol–water partition coefficient (Wildman–Crippen LogP) is 5.02. The van der Waals surface area contributed by atoms with Gasteiger partial charge in [-0.05, 0) is 112 Å². The number of nitrogens with zero attached hydrogens (tertiary/aromatic N) is 9. The van der Waals surface area contributed by atoms with E-state index in [1.165, 1.54) is 82.1 Å². The fourth-order valence-corrected chi connectivity index (χ4v) is 15.8. The summed E-state index contributed by atoms with van der Waals surface area (Å²) in [5.41, 5.74) is -2.35. The maximum Gasteiger partial charge on any atom is 0.417 e. The lowest BCUT2D eigenvalue weighted by atomic mass is 9.81. The molecule has 1 spiro atoms. The Kier molecular flexibility index (Phi) is 29.0. The van der Waals surface area contributed by atoms with E-state index in [0.717, 1.165) is 89.5 Å². The Morgan fingerprint density at radius 2 is 1.24 bits per heavy atom. The second-order valence-electron chi connectivity index (χ2n) is 29.0. The van der Waals surface area contributed by atoms with Gasteiger partial charge in [0.2, 0.25) is 70.9 Å². The van der Waals surface area contributed by atoms with Crippen molar-refractivity contribution in [3.8, 4) is 0 Å². The van der Waals surface area contributed by atoms with Crippen LogP contribution in [-0.4, -0.2) is 265 Å². The minimum Gasteiger partial charge on any atom is -0.382 e. The third-order valence-electron chi connectivity index (χ3n) is 22.0. The molecular formula is C71H108ClF3N12O13. The van der Waals surface area contributed by atoms with E-state index in [9.17, 15) is 46.7 Å². The van der Waals surface area contributed by atoms with Gasteiger partial charge in [0.15, 0.2) is 0 Å². The normalized spacial score (nSPS) is 26.9. The molecule has 0 bridgehead atoms. The Bertz CT molecular complexity index is 3100. The minimum atomic E-state index is -4.76. The van der Waals surface area contributed by atoms with Crippen molar-refractivity contribution in [1.29, 1.82) is 0 Å². The molecule has 3 aliphatic carbocycles. The monoisotopic (exact) mass is 1430 g/mol. The number of benzene rings is 1. The fourth-order valence-electron chi connectivity index (χ4n) is 15.5. The van der Waals surface area contributed by atoms with Crippen LogP contribution in [0.5, 0.6) is 0 Å². The van der Waals surface area contributed by atoms with E-state index in [1.807, 2.05) is 6.92 Å². The van der Waals surface area contributed by atoms with Crippen LogP contribution < -0.4 is 16.0 Å². The first-order valence-electron chi connectivity index (χ1n) is 36.0. The van der Waals surface area contributed by atoms with Crippen LogP contribution in [0.4, 0.5) is 13.2 Å². The summed E-state index contributed by atoms with van der Waals surface area (Å²) in [4.78, 5) is 190. The Labute approximate surface area is 591 Å². The van der Waals surface area contributed by atoms with Crippen molar-refractivity contribution < 1.29 is 75.4 Å². The summed E-state index contributed by atoms with van der Waals surface area (Å²) in [7, 11) is 11.2. The number of halogens is 4. The van der Waals surface area contributed by atoms with Crippen LogP contribution in [0.3, 0.4) is 0 Å². The summed E-state index contributed by atoms with van der Waals surface area (Å²) in [6.45, 7) is 2.23. The molecule has 0 unspecified atom stereocenters. The second kappa shape index (κ2) is 36.2. The number of carbonyl (C=O) groups excluding carboxylic acids is 12. The van der Waals surface area contributed by atoms with Gasteiger partial charge in [0.05, 0.1) is 43.2 Å². The molecule has 3 heterocycles. The highest BCUT2D eigenvalue weighted by Crippen LogP contribution is 2.38. The molecule has 7 rings (SSSR count). The van der Waals surface area contributed by atoms with Crippen molar-refractivity contribution in [2.45, 2.75) is 222 Å². The zero-order valence-corrected chi connectivity index (χ0v) is 61.0.